The van der Waals surface area contributed by atoms with E-state index in [0.717, 1.165) is 57.7 Å². The molecule has 2 aliphatic rings. The highest BCUT2D eigenvalue weighted by atomic mass is 16.5. The maximum absolute atomic E-state index is 10.1. The zero-order valence-electron chi connectivity index (χ0n) is 16.1. The van der Waals surface area contributed by atoms with Crippen molar-refractivity contribution in [3.63, 3.8) is 0 Å². The molecular weight excluding hydrogens is 340 g/mol. The molecular formula is C23H28O4. The van der Waals surface area contributed by atoms with E-state index in [4.69, 9.17) is 9.47 Å². The highest BCUT2D eigenvalue weighted by Gasteiger charge is 2.34. The Bertz CT molecular complexity index is 773. The second-order valence-electron chi connectivity index (χ2n) is 7.74. The Hall–Kier alpha value is -2.04. The van der Waals surface area contributed by atoms with Gasteiger partial charge in [0, 0.05) is 11.1 Å². The second-order valence-corrected chi connectivity index (χ2v) is 7.74. The Morgan fingerprint density at radius 1 is 0.778 bits per heavy atom. The Balaban J connectivity index is 2.08. The van der Waals surface area contributed by atoms with Gasteiger partial charge in [0.15, 0.2) is 0 Å². The van der Waals surface area contributed by atoms with Gasteiger partial charge in [-0.05, 0) is 71.9 Å². The number of fused-ring (bicyclic) bond motifs is 4. The van der Waals surface area contributed by atoms with E-state index in [0.29, 0.717) is 11.8 Å². The van der Waals surface area contributed by atoms with E-state index < -0.39 is 0 Å². The van der Waals surface area contributed by atoms with Crippen molar-refractivity contribution in [3.05, 3.63) is 46.5 Å². The molecule has 2 atom stereocenters. The summed E-state index contributed by atoms with van der Waals surface area (Å²) in [7, 11) is 3.41. The fraction of sp³-hybridized carbons (Fsp3) is 0.478. The number of ether oxygens (including phenoxy) is 2. The zero-order chi connectivity index (χ0) is 19.0. The summed E-state index contributed by atoms with van der Waals surface area (Å²) in [6.07, 6.45) is 5.63. The molecule has 4 heteroatoms. The quantitative estimate of drug-likeness (QED) is 0.860. The minimum absolute atomic E-state index is 0.0397. The van der Waals surface area contributed by atoms with Crippen molar-refractivity contribution in [1.29, 1.82) is 0 Å². The third-order valence-electron chi connectivity index (χ3n) is 6.49. The van der Waals surface area contributed by atoms with E-state index >= 15 is 0 Å². The lowest BCUT2D eigenvalue weighted by Crippen LogP contribution is -2.19. The second kappa shape index (κ2) is 7.53. The number of benzene rings is 2. The van der Waals surface area contributed by atoms with Gasteiger partial charge < -0.3 is 19.7 Å². The Morgan fingerprint density at radius 2 is 1.22 bits per heavy atom. The predicted molar refractivity (Wildman–Crippen MR) is 105 cm³/mol. The molecule has 0 aliphatic heterocycles. The summed E-state index contributed by atoms with van der Waals surface area (Å²) in [5.41, 5.74) is 6.13. The van der Waals surface area contributed by atoms with Crippen molar-refractivity contribution in [1.82, 2.24) is 0 Å². The highest BCUT2D eigenvalue weighted by Crippen LogP contribution is 2.49. The molecule has 0 radical (unpaired) electrons. The van der Waals surface area contributed by atoms with Crippen molar-refractivity contribution >= 4 is 0 Å². The van der Waals surface area contributed by atoms with Gasteiger partial charge in [0.05, 0.1) is 27.4 Å². The largest absolute Gasteiger partial charge is 0.496 e. The zero-order valence-corrected chi connectivity index (χ0v) is 16.1. The third kappa shape index (κ3) is 3.01. The van der Waals surface area contributed by atoms with Gasteiger partial charge in [-0.15, -0.1) is 0 Å². The number of methoxy groups -OCH3 is 2. The first-order chi connectivity index (χ1) is 13.2. The lowest BCUT2D eigenvalue weighted by molar-refractivity contribution is 0.279. The fourth-order valence-corrected chi connectivity index (χ4v) is 5.20. The van der Waals surface area contributed by atoms with E-state index in [1.54, 1.807) is 14.2 Å². The summed E-state index contributed by atoms with van der Waals surface area (Å²) >= 11 is 0. The molecule has 1 fully saturated rings. The summed E-state index contributed by atoms with van der Waals surface area (Å²) in [6.45, 7) is -0.0795. The molecule has 1 saturated carbocycles. The molecule has 2 aromatic rings. The van der Waals surface area contributed by atoms with Gasteiger partial charge in [-0.1, -0.05) is 18.6 Å². The maximum Gasteiger partial charge on any atom is 0.122 e. The Morgan fingerprint density at radius 3 is 1.59 bits per heavy atom. The standard InChI is InChI=1S/C23H28O4/c1-26-20-8-6-16(12-24)22-18(20)10-14-4-3-5-15(14)11-19-21(27-2)9-7-17(13-25)23(19)22/h6-9,14-15,24-25H,3-5,10-13H2,1-2H3. The number of aliphatic hydroxyl groups is 2. The van der Waals surface area contributed by atoms with Crippen LogP contribution in [-0.2, 0) is 26.1 Å². The van der Waals surface area contributed by atoms with Crippen molar-refractivity contribution in [2.75, 3.05) is 14.2 Å². The molecule has 2 N–H and O–H groups in total. The van der Waals surface area contributed by atoms with Crippen LogP contribution >= 0.6 is 0 Å². The summed E-state index contributed by atoms with van der Waals surface area (Å²) in [4.78, 5) is 0. The van der Waals surface area contributed by atoms with Crippen LogP contribution in [0.15, 0.2) is 24.3 Å². The number of aliphatic hydroxyl groups excluding tert-OH is 2. The number of hydrogen-bond acceptors (Lipinski definition) is 4. The topological polar surface area (TPSA) is 58.9 Å². The molecule has 0 aromatic heterocycles. The van der Waals surface area contributed by atoms with Gasteiger partial charge in [0.25, 0.3) is 0 Å². The summed E-state index contributed by atoms with van der Waals surface area (Å²) in [5.74, 6) is 2.96. The molecule has 144 valence electrons. The molecule has 0 bridgehead atoms. The van der Waals surface area contributed by atoms with E-state index in [2.05, 4.69) is 0 Å². The van der Waals surface area contributed by atoms with Crippen LogP contribution in [0.4, 0.5) is 0 Å². The average Bonchev–Trinajstić information content (AvgIpc) is 3.12. The van der Waals surface area contributed by atoms with Crippen LogP contribution in [-0.4, -0.2) is 24.4 Å². The van der Waals surface area contributed by atoms with Gasteiger partial charge >= 0.3 is 0 Å². The van der Waals surface area contributed by atoms with E-state index in [1.807, 2.05) is 24.3 Å². The molecule has 2 aliphatic carbocycles. The van der Waals surface area contributed by atoms with Crippen LogP contribution in [0, 0.1) is 11.8 Å². The smallest absolute Gasteiger partial charge is 0.122 e. The lowest BCUT2D eigenvalue weighted by Gasteiger charge is -2.30. The molecule has 27 heavy (non-hydrogen) atoms. The van der Waals surface area contributed by atoms with Crippen molar-refractivity contribution in [2.45, 2.75) is 45.3 Å². The van der Waals surface area contributed by atoms with Crippen LogP contribution in [0.25, 0.3) is 11.1 Å². The van der Waals surface area contributed by atoms with Crippen LogP contribution in [0.5, 0.6) is 11.5 Å². The van der Waals surface area contributed by atoms with Gasteiger partial charge in [0.1, 0.15) is 11.5 Å². The monoisotopic (exact) mass is 368 g/mol. The van der Waals surface area contributed by atoms with Gasteiger partial charge in [-0.2, -0.15) is 0 Å². The Kier molecular flexibility index (Phi) is 5.11. The van der Waals surface area contributed by atoms with E-state index in [1.165, 1.54) is 19.3 Å². The van der Waals surface area contributed by atoms with Crippen LogP contribution < -0.4 is 9.47 Å². The molecule has 0 saturated heterocycles. The van der Waals surface area contributed by atoms with E-state index in [9.17, 15) is 10.2 Å². The summed E-state index contributed by atoms with van der Waals surface area (Å²) < 4.78 is 11.5. The lowest BCUT2D eigenvalue weighted by atomic mass is 9.75. The minimum atomic E-state index is -0.0397. The molecule has 2 aromatic carbocycles. The third-order valence-corrected chi connectivity index (χ3v) is 6.49. The first-order valence-corrected chi connectivity index (χ1v) is 9.81. The average molecular weight is 368 g/mol. The SMILES string of the molecule is COc1ccc(CO)c2c1CC1CCCC1Cc1c(OC)ccc(CO)c1-2. The first-order valence-electron chi connectivity index (χ1n) is 9.81. The van der Waals surface area contributed by atoms with Gasteiger partial charge in [0.2, 0.25) is 0 Å². The van der Waals surface area contributed by atoms with Crippen LogP contribution in [0.2, 0.25) is 0 Å². The van der Waals surface area contributed by atoms with Crippen molar-refractivity contribution < 1.29 is 19.7 Å². The molecule has 4 nitrogen and oxygen atoms in total. The van der Waals surface area contributed by atoms with Crippen molar-refractivity contribution in [2.24, 2.45) is 11.8 Å². The Labute approximate surface area is 160 Å². The minimum Gasteiger partial charge on any atom is -0.496 e. The van der Waals surface area contributed by atoms with Crippen molar-refractivity contribution in [3.8, 4) is 22.6 Å². The van der Waals surface area contributed by atoms with E-state index in [-0.39, 0.29) is 13.2 Å². The molecule has 2 unspecified atom stereocenters. The maximum atomic E-state index is 10.1. The van der Waals surface area contributed by atoms with Gasteiger partial charge in [-0.3, -0.25) is 0 Å². The molecule has 4 rings (SSSR count). The molecule has 0 amide bonds. The summed E-state index contributed by atoms with van der Waals surface area (Å²) in [5, 5.41) is 20.2. The highest BCUT2D eigenvalue weighted by molar-refractivity contribution is 5.81. The van der Waals surface area contributed by atoms with Gasteiger partial charge in [-0.25, -0.2) is 0 Å². The molecule has 0 spiro atoms. The normalized spacial score (nSPS) is 20.9. The molecule has 0 heterocycles. The number of rotatable bonds is 4. The first kappa shape index (κ1) is 18.3. The van der Waals surface area contributed by atoms with Crippen LogP contribution in [0.3, 0.4) is 0 Å². The summed E-state index contributed by atoms with van der Waals surface area (Å²) in [6, 6.07) is 7.81. The number of hydrogen-bond donors (Lipinski definition) is 2. The fourth-order valence-electron chi connectivity index (χ4n) is 5.20. The van der Waals surface area contributed by atoms with Crippen LogP contribution in [0.1, 0.15) is 41.5 Å². The predicted octanol–water partition coefficient (Wildman–Crippen LogP) is 3.87.